The minimum absolute atomic E-state index is 0. The first-order chi connectivity index (χ1) is 4.61. The number of hydrogen-bond acceptors (Lipinski definition) is 4. The number of nitrogens with two attached hydrogens (primary N) is 2. The summed E-state index contributed by atoms with van der Waals surface area (Å²) in [5.74, 6) is -0.290. The standard InChI is InChI=1S/C6H8N2O2.2ClH/c7-4-1-3(9)2-5(10)6(4)8;;/h1-2,9-10H,7-8H2;2*1H. The molecule has 0 aliphatic carbocycles. The molecule has 0 atom stereocenters. The van der Waals surface area contributed by atoms with E-state index in [0.717, 1.165) is 6.07 Å². The molecule has 0 bridgehead atoms. The second-order valence-corrected chi connectivity index (χ2v) is 1.97. The third-order valence-electron chi connectivity index (χ3n) is 1.17. The van der Waals surface area contributed by atoms with Gasteiger partial charge in [-0.3, -0.25) is 0 Å². The van der Waals surface area contributed by atoms with Gasteiger partial charge in [0.15, 0.2) is 0 Å². The average molecular weight is 213 g/mol. The molecule has 4 nitrogen and oxygen atoms in total. The van der Waals surface area contributed by atoms with Crippen molar-refractivity contribution in [1.29, 1.82) is 0 Å². The van der Waals surface area contributed by atoms with Gasteiger partial charge in [-0.15, -0.1) is 24.8 Å². The van der Waals surface area contributed by atoms with Gasteiger partial charge in [-0.05, 0) is 0 Å². The van der Waals surface area contributed by atoms with Gasteiger partial charge in [0, 0.05) is 12.1 Å². The summed E-state index contributed by atoms with van der Waals surface area (Å²) in [6.07, 6.45) is 0. The summed E-state index contributed by atoms with van der Waals surface area (Å²) in [5, 5.41) is 17.7. The second kappa shape index (κ2) is 4.79. The summed E-state index contributed by atoms with van der Waals surface area (Å²) >= 11 is 0. The van der Waals surface area contributed by atoms with Gasteiger partial charge in [-0.25, -0.2) is 0 Å². The molecule has 0 spiro atoms. The van der Waals surface area contributed by atoms with Gasteiger partial charge in [-0.2, -0.15) is 0 Å². The minimum Gasteiger partial charge on any atom is -0.508 e. The van der Waals surface area contributed by atoms with Gasteiger partial charge in [0.1, 0.15) is 11.5 Å². The Morgan fingerprint density at radius 2 is 1.50 bits per heavy atom. The second-order valence-electron chi connectivity index (χ2n) is 1.97. The first-order valence-corrected chi connectivity index (χ1v) is 2.68. The Morgan fingerprint density at radius 3 is 1.92 bits per heavy atom. The third kappa shape index (κ3) is 2.56. The quantitative estimate of drug-likeness (QED) is 0.295. The van der Waals surface area contributed by atoms with Crippen LogP contribution in [0, 0.1) is 0 Å². The molecule has 0 saturated carbocycles. The first-order valence-electron chi connectivity index (χ1n) is 2.68. The fraction of sp³-hybridized carbons (Fsp3) is 0. The zero-order valence-electron chi connectivity index (χ0n) is 6.02. The monoisotopic (exact) mass is 212 g/mol. The summed E-state index contributed by atoms with van der Waals surface area (Å²) in [6, 6.07) is 2.40. The lowest BCUT2D eigenvalue weighted by Crippen LogP contribution is -1.93. The summed E-state index contributed by atoms with van der Waals surface area (Å²) in [5.41, 5.74) is 10.8. The molecule has 1 rings (SSSR count). The van der Waals surface area contributed by atoms with Crippen molar-refractivity contribution in [1.82, 2.24) is 0 Å². The molecule has 0 unspecified atom stereocenters. The van der Waals surface area contributed by atoms with E-state index in [1.807, 2.05) is 0 Å². The van der Waals surface area contributed by atoms with Crippen LogP contribution in [0.1, 0.15) is 0 Å². The molecule has 0 radical (unpaired) electrons. The molecule has 6 heteroatoms. The largest absolute Gasteiger partial charge is 0.508 e. The van der Waals surface area contributed by atoms with E-state index in [1.54, 1.807) is 0 Å². The van der Waals surface area contributed by atoms with Gasteiger partial charge in [0.2, 0.25) is 0 Å². The van der Waals surface area contributed by atoms with E-state index in [9.17, 15) is 0 Å². The van der Waals surface area contributed by atoms with Gasteiger partial charge in [-0.1, -0.05) is 0 Å². The van der Waals surface area contributed by atoms with Crippen LogP contribution in [0.15, 0.2) is 12.1 Å². The maximum Gasteiger partial charge on any atom is 0.144 e. The Kier molecular flexibility index (Phi) is 5.42. The van der Waals surface area contributed by atoms with Crippen LogP contribution in [0.2, 0.25) is 0 Å². The van der Waals surface area contributed by atoms with Gasteiger partial charge < -0.3 is 21.7 Å². The number of phenolic OH excluding ortho intramolecular Hbond substituents is 2. The number of halogens is 2. The zero-order chi connectivity index (χ0) is 7.72. The number of benzene rings is 1. The maximum absolute atomic E-state index is 8.92. The van der Waals surface area contributed by atoms with Crippen LogP contribution >= 0.6 is 24.8 Å². The minimum atomic E-state index is -0.197. The van der Waals surface area contributed by atoms with E-state index in [-0.39, 0.29) is 47.7 Å². The normalized spacial score (nSPS) is 8.00. The van der Waals surface area contributed by atoms with Gasteiger partial charge in [0.05, 0.1) is 11.4 Å². The topological polar surface area (TPSA) is 92.5 Å². The molecule has 12 heavy (non-hydrogen) atoms. The molecule has 0 amide bonds. The fourth-order valence-corrected chi connectivity index (χ4v) is 0.644. The lowest BCUT2D eigenvalue weighted by molar-refractivity contribution is 0.453. The van der Waals surface area contributed by atoms with Crippen LogP contribution in [-0.2, 0) is 0 Å². The Balaban J connectivity index is 0. The lowest BCUT2D eigenvalue weighted by Gasteiger charge is -2.02. The zero-order valence-corrected chi connectivity index (χ0v) is 7.65. The SMILES string of the molecule is Cl.Cl.Nc1cc(O)cc(O)c1N. The average Bonchev–Trinajstić information content (AvgIpc) is 1.82. The van der Waals surface area contributed by atoms with E-state index in [0.29, 0.717) is 0 Å². The Morgan fingerprint density at radius 1 is 1.00 bits per heavy atom. The molecule has 1 aromatic rings. The van der Waals surface area contributed by atoms with E-state index >= 15 is 0 Å². The molecule has 0 aromatic heterocycles. The van der Waals surface area contributed by atoms with Gasteiger partial charge in [0.25, 0.3) is 0 Å². The number of nitrogen functional groups attached to an aromatic ring is 2. The number of aromatic hydroxyl groups is 2. The maximum atomic E-state index is 8.92. The first kappa shape index (κ1) is 13.6. The predicted octanol–water partition coefficient (Wildman–Crippen LogP) is 1.11. The van der Waals surface area contributed by atoms with E-state index in [4.69, 9.17) is 21.7 Å². The lowest BCUT2D eigenvalue weighted by atomic mass is 10.2. The molecule has 0 heterocycles. The summed E-state index contributed by atoms with van der Waals surface area (Å²) in [7, 11) is 0. The highest BCUT2D eigenvalue weighted by atomic mass is 35.5. The van der Waals surface area contributed by atoms with Crippen molar-refractivity contribution in [2.75, 3.05) is 11.5 Å². The number of hydrogen-bond donors (Lipinski definition) is 4. The number of rotatable bonds is 0. The van der Waals surface area contributed by atoms with Crippen LogP contribution in [0.3, 0.4) is 0 Å². The van der Waals surface area contributed by atoms with Crippen molar-refractivity contribution in [3.63, 3.8) is 0 Å². The molecular weight excluding hydrogens is 203 g/mol. The molecule has 0 fully saturated rings. The van der Waals surface area contributed by atoms with Crippen molar-refractivity contribution in [2.24, 2.45) is 0 Å². The van der Waals surface area contributed by atoms with Crippen LogP contribution in [0.25, 0.3) is 0 Å². The van der Waals surface area contributed by atoms with Crippen LogP contribution in [-0.4, -0.2) is 10.2 Å². The van der Waals surface area contributed by atoms with Crippen LogP contribution < -0.4 is 11.5 Å². The van der Waals surface area contributed by atoms with Crippen molar-refractivity contribution < 1.29 is 10.2 Å². The summed E-state index contributed by atoms with van der Waals surface area (Å²) in [4.78, 5) is 0. The Labute approximate surface area is 82.0 Å². The van der Waals surface area contributed by atoms with Crippen molar-refractivity contribution in [2.45, 2.75) is 0 Å². The van der Waals surface area contributed by atoms with E-state index in [1.165, 1.54) is 6.07 Å². The smallest absolute Gasteiger partial charge is 0.144 e. The van der Waals surface area contributed by atoms with Crippen molar-refractivity contribution in [3.8, 4) is 11.5 Å². The third-order valence-corrected chi connectivity index (χ3v) is 1.17. The van der Waals surface area contributed by atoms with Crippen LogP contribution in [0.5, 0.6) is 11.5 Å². The van der Waals surface area contributed by atoms with Crippen molar-refractivity contribution >= 4 is 36.2 Å². The highest BCUT2D eigenvalue weighted by Gasteiger charge is 2.01. The molecule has 70 valence electrons. The molecular formula is C6H10Cl2N2O2. The fourth-order valence-electron chi connectivity index (χ4n) is 0.644. The van der Waals surface area contributed by atoms with E-state index in [2.05, 4.69) is 0 Å². The predicted molar refractivity (Wildman–Crippen MR) is 53.1 cm³/mol. The molecule has 0 saturated heterocycles. The Hall–Kier alpha value is -1.00. The highest BCUT2D eigenvalue weighted by molar-refractivity contribution is 5.85. The molecule has 1 aromatic carbocycles. The van der Waals surface area contributed by atoms with Crippen LogP contribution in [0.4, 0.5) is 11.4 Å². The molecule has 6 N–H and O–H groups in total. The molecule has 0 aliphatic heterocycles. The summed E-state index contributed by atoms with van der Waals surface area (Å²) in [6.45, 7) is 0. The van der Waals surface area contributed by atoms with Crippen molar-refractivity contribution in [3.05, 3.63) is 12.1 Å². The highest BCUT2D eigenvalue weighted by Crippen LogP contribution is 2.30. The number of anilines is 2. The summed E-state index contributed by atoms with van der Waals surface area (Å²) < 4.78 is 0. The van der Waals surface area contributed by atoms with Gasteiger partial charge >= 0.3 is 0 Å². The Bertz CT molecular complexity index is 245. The number of phenols is 2. The molecule has 0 aliphatic rings. The van der Waals surface area contributed by atoms with E-state index < -0.39 is 0 Å².